The monoisotopic (exact) mass is 320 g/mol. The third-order valence-corrected chi connectivity index (χ3v) is 3.17. The number of nitrogens with zero attached hydrogens (tertiary/aromatic N) is 6. The van der Waals surface area contributed by atoms with E-state index in [0.29, 0.717) is 0 Å². The van der Waals surface area contributed by atoms with E-state index >= 15 is 0 Å². The molecule has 0 saturated heterocycles. The molecule has 1 aromatic carbocycles. The molecule has 0 aliphatic heterocycles. The summed E-state index contributed by atoms with van der Waals surface area (Å²) in [4.78, 5) is 28.7. The van der Waals surface area contributed by atoms with Gasteiger partial charge in [-0.1, -0.05) is 29.4 Å². The summed E-state index contributed by atoms with van der Waals surface area (Å²) in [6, 6.07) is 5.50. The summed E-state index contributed by atoms with van der Waals surface area (Å²) in [5.41, 5.74) is 15.6. The van der Waals surface area contributed by atoms with E-state index in [4.69, 9.17) is 11.1 Å². The second-order valence-electron chi connectivity index (χ2n) is 3.75. The summed E-state index contributed by atoms with van der Waals surface area (Å²) < 4.78 is 29.4. The molecule has 0 unspecified atom stereocenters. The summed E-state index contributed by atoms with van der Waals surface area (Å²) >= 11 is 0. The molecule has 0 atom stereocenters. The minimum Gasteiger partial charge on any atom is -0.372 e. The van der Waals surface area contributed by atoms with E-state index in [1.165, 1.54) is 24.3 Å². The van der Waals surface area contributed by atoms with Crippen molar-refractivity contribution >= 4 is 21.9 Å². The largest absolute Gasteiger partial charge is 0.403 e. The van der Waals surface area contributed by atoms with Crippen molar-refractivity contribution in [1.82, 2.24) is 0 Å². The molecule has 0 spiro atoms. The lowest BCUT2D eigenvalue weighted by atomic mass is 9.92. The zero-order valence-electron chi connectivity index (χ0n) is 10.4. The Kier molecular flexibility index (Phi) is 3.82. The minimum absolute atomic E-state index is 0.0663. The Hall–Kier alpha value is -3.33. The third kappa shape index (κ3) is 2.60. The van der Waals surface area contributed by atoms with Crippen molar-refractivity contribution in [2.24, 2.45) is 9.63 Å². The highest BCUT2D eigenvalue weighted by molar-refractivity contribution is 7.85. The van der Waals surface area contributed by atoms with Gasteiger partial charge in [0.15, 0.2) is 5.78 Å². The Morgan fingerprint density at radius 1 is 1.00 bits per heavy atom. The van der Waals surface area contributed by atoms with Crippen molar-refractivity contribution in [3.8, 4) is 0 Å². The lowest BCUT2D eigenvalue weighted by molar-refractivity contribution is 0.0937. The van der Waals surface area contributed by atoms with Gasteiger partial charge < -0.3 is 4.18 Å². The number of benzene rings is 1. The smallest absolute Gasteiger partial charge is 0.372 e. The topological polar surface area (TPSA) is 175 Å². The quantitative estimate of drug-likeness (QED) is 0.468. The molecule has 0 amide bonds. The number of rotatable bonds is 4. The summed E-state index contributed by atoms with van der Waals surface area (Å²) in [6.07, 6.45) is 0. The fourth-order valence-corrected chi connectivity index (χ4v) is 2.21. The van der Waals surface area contributed by atoms with E-state index in [0.717, 1.165) is 0 Å². The van der Waals surface area contributed by atoms with Crippen LogP contribution in [0, 0.1) is 0 Å². The Bertz CT molecular complexity index is 921. The van der Waals surface area contributed by atoms with E-state index in [2.05, 4.69) is 18.7 Å². The number of azide groups is 2. The maximum Gasteiger partial charge on any atom is 0.403 e. The molecule has 1 aromatic rings. The van der Waals surface area contributed by atoms with E-state index < -0.39 is 33.3 Å². The first-order valence-corrected chi connectivity index (χ1v) is 6.76. The number of carbonyl (C=O) groups excluding carboxylic acids is 2. The highest BCUT2D eigenvalue weighted by Crippen LogP contribution is 2.29. The molecule has 0 heterocycles. The van der Waals surface area contributed by atoms with E-state index in [-0.39, 0.29) is 11.1 Å². The molecule has 11 nitrogen and oxygen atoms in total. The zero-order valence-corrected chi connectivity index (χ0v) is 11.3. The molecule has 0 radical (unpaired) electrons. The van der Waals surface area contributed by atoms with Gasteiger partial charge >= 0.3 is 10.3 Å². The van der Waals surface area contributed by atoms with Gasteiger partial charge in [-0.25, -0.2) is 0 Å². The predicted molar refractivity (Wildman–Crippen MR) is 70.4 cm³/mol. The summed E-state index contributed by atoms with van der Waals surface area (Å²) in [5.74, 6) is -2.90. The van der Waals surface area contributed by atoms with Gasteiger partial charge in [0.1, 0.15) is 5.70 Å². The number of Topliss-reactive ketones (excluding diaryl/α,β-unsaturated/α-hetero) is 2. The molecular formula is C10H4N6O5S. The zero-order chi connectivity index (χ0) is 16.3. The highest BCUT2D eigenvalue weighted by Gasteiger charge is 2.35. The van der Waals surface area contributed by atoms with Crippen molar-refractivity contribution < 1.29 is 22.2 Å². The van der Waals surface area contributed by atoms with Crippen molar-refractivity contribution in [1.29, 1.82) is 0 Å². The van der Waals surface area contributed by atoms with Crippen LogP contribution in [-0.2, 0) is 14.5 Å². The number of allylic oxidation sites excluding steroid dienone is 2. The van der Waals surface area contributed by atoms with Gasteiger partial charge in [-0.3, -0.25) is 9.59 Å². The normalized spacial score (nSPS) is 13.8. The van der Waals surface area contributed by atoms with Gasteiger partial charge in [-0.15, -0.1) is 0 Å². The first kappa shape index (κ1) is 15.1. The lowest BCUT2D eigenvalue weighted by Crippen LogP contribution is -2.23. The van der Waals surface area contributed by atoms with Crippen LogP contribution in [0.3, 0.4) is 0 Å². The van der Waals surface area contributed by atoms with Crippen LogP contribution in [0.1, 0.15) is 20.7 Å². The summed E-state index contributed by atoms with van der Waals surface area (Å²) in [6.45, 7) is 0. The van der Waals surface area contributed by atoms with Gasteiger partial charge in [0.2, 0.25) is 11.5 Å². The van der Waals surface area contributed by atoms with E-state index in [9.17, 15) is 18.0 Å². The molecule has 0 bridgehead atoms. The van der Waals surface area contributed by atoms with Crippen LogP contribution in [0.4, 0.5) is 0 Å². The van der Waals surface area contributed by atoms with Crippen LogP contribution >= 0.6 is 0 Å². The summed E-state index contributed by atoms with van der Waals surface area (Å²) in [5, 5.41) is 3.01. The number of hydrogen-bond acceptors (Lipinski definition) is 6. The standard InChI is InChI=1S/C10H4N6O5S/c11-14-13-7-8(17)5-3-1-2-4-6(5)9(18)10(7)21-22(19,20)16-15-12/h1-4H. The van der Waals surface area contributed by atoms with Crippen LogP contribution in [-0.4, -0.2) is 20.0 Å². The van der Waals surface area contributed by atoms with Gasteiger partial charge in [0.25, 0.3) is 0 Å². The molecular weight excluding hydrogens is 316 g/mol. The van der Waals surface area contributed by atoms with Crippen molar-refractivity contribution in [2.45, 2.75) is 0 Å². The average molecular weight is 320 g/mol. The number of hydrogen-bond donors (Lipinski definition) is 0. The molecule has 110 valence electrons. The first-order chi connectivity index (χ1) is 10.4. The van der Waals surface area contributed by atoms with Gasteiger partial charge in [-0.2, -0.15) is 8.42 Å². The van der Waals surface area contributed by atoms with Crippen LogP contribution in [0.25, 0.3) is 20.9 Å². The van der Waals surface area contributed by atoms with Gasteiger partial charge in [0.05, 0.1) is 4.52 Å². The third-order valence-electron chi connectivity index (χ3n) is 2.52. The van der Waals surface area contributed by atoms with Gasteiger partial charge in [-0.05, 0) is 11.1 Å². The fraction of sp³-hybridized carbons (Fsp3) is 0. The Morgan fingerprint density at radius 2 is 1.59 bits per heavy atom. The summed E-state index contributed by atoms with van der Waals surface area (Å²) in [7, 11) is -4.85. The molecule has 0 aromatic heterocycles. The molecule has 12 heteroatoms. The van der Waals surface area contributed by atoms with Crippen molar-refractivity contribution in [2.75, 3.05) is 0 Å². The second-order valence-corrected chi connectivity index (χ2v) is 4.94. The SMILES string of the molecule is [N-]=[N+]=NC1=C(OS(=O)(=O)N=[N+]=[N-])C(=O)c2ccccc2C1=O. The molecule has 0 N–H and O–H groups in total. The number of ketones is 2. The highest BCUT2D eigenvalue weighted by atomic mass is 32.2. The molecule has 1 aliphatic rings. The Morgan fingerprint density at radius 3 is 2.14 bits per heavy atom. The van der Waals surface area contributed by atoms with Crippen molar-refractivity contribution in [3.63, 3.8) is 0 Å². The van der Waals surface area contributed by atoms with E-state index in [1.807, 2.05) is 4.91 Å². The Balaban J connectivity index is 2.69. The van der Waals surface area contributed by atoms with Crippen molar-refractivity contribution in [3.05, 3.63) is 67.7 Å². The average Bonchev–Trinajstić information content (AvgIpc) is 2.48. The molecule has 0 fully saturated rings. The van der Waals surface area contributed by atoms with Crippen LogP contribution in [0.5, 0.6) is 0 Å². The van der Waals surface area contributed by atoms with Crippen LogP contribution in [0.2, 0.25) is 0 Å². The maximum absolute atomic E-state index is 12.2. The molecule has 2 rings (SSSR count). The lowest BCUT2D eigenvalue weighted by Gasteiger charge is -2.17. The van der Waals surface area contributed by atoms with Gasteiger partial charge in [0, 0.05) is 21.0 Å². The van der Waals surface area contributed by atoms with Crippen LogP contribution in [0.15, 0.2) is 45.4 Å². The van der Waals surface area contributed by atoms with Crippen LogP contribution < -0.4 is 0 Å². The molecule has 1 aliphatic carbocycles. The molecule has 22 heavy (non-hydrogen) atoms. The second kappa shape index (κ2) is 5.58. The Labute approximate surface area is 122 Å². The number of fused-ring (bicyclic) bond motifs is 1. The van der Waals surface area contributed by atoms with E-state index in [1.54, 1.807) is 0 Å². The minimum atomic E-state index is -4.85. The molecule has 0 saturated carbocycles. The predicted octanol–water partition coefficient (Wildman–Crippen LogP) is 2.16. The first-order valence-electron chi connectivity index (χ1n) is 5.40. The maximum atomic E-state index is 12.2. The fourth-order valence-electron chi connectivity index (χ4n) is 1.72. The number of carbonyl (C=O) groups is 2.